The topological polar surface area (TPSA) is 86.8 Å². The molecule has 208 valence electrons. The second kappa shape index (κ2) is 13.5. The SMILES string of the molecule is CC[C@@H](C(=O)NC(C)C)N(Cc1ccccc1Cl)C(=O)CN(c1cccc(Cl)c1)S(=O)(=O)c1ccc(Cl)cc1. The van der Waals surface area contributed by atoms with Gasteiger partial charge in [-0.3, -0.25) is 13.9 Å². The normalized spacial score (nSPS) is 12.2. The number of benzene rings is 3. The van der Waals surface area contributed by atoms with Gasteiger partial charge < -0.3 is 10.2 Å². The molecule has 0 aliphatic heterocycles. The van der Waals surface area contributed by atoms with Crippen molar-refractivity contribution in [2.75, 3.05) is 10.8 Å². The van der Waals surface area contributed by atoms with Crippen LogP contribution in [0, 0.1) is 0 Å². The second-order valence-corrected chi connectivity index (χ2v) is 12.3. The van der Waals surface area contributed by atoms with Crippen molar-refractivity contribution in [3.63, 3.8) is 0 Å². The maximum Gasteiger partial charge on any atom is 0.264 e. The van der Waals surface area contributed by atoms with Gasteiger partial charge >= 0.3 is 0 Å². The minimum absolute atomic E-state index is 0.00685. The van der Waals surface area contributed by atoms with Gasteiger partial charge in [-0.05, 0) is 74.4 Å². The molecule has 7 nitrogen and oxygen atoms in total. The van der Waals surface area contributed by atoms with Crippen molar-refractivity contribution in [1.29, 1.82) is 0 Å². The van der Waals surface area contributed by atoms with E-state index in [9.17, 15) is 18.0 Å². The molecule has 3 aromatic rings. The van der Waals surface area contributed by atoms with Crippen LogP contribution in [0.3, 0.4) is 0 Å². The standard InChI is InChI=1S/C28H30Cl3N3O4S/c1-4-26(28(36)32-19(2)3)33(17-20-8-5-6-11-25(20)31)27(35)18-34(23-10-7-9-22(30)16-23)39(37,38)24-14-12-21(29)13-15-24/h5-16,19,26H,4,17-18H2,1-3H3,(H,32,36)/t26-/m0/s1. The molecule has 1 atom stereocenters. The molecular formula is C28H30Cl3N3O4S. The Bertz CT molecular complexity index is 1420. The Morgan fingerprint density at radius 2 is 1.56 bits per heavy atom. The van der Waals surface area contributed by atoms with Gasteiger partial charge in [0.05, 0.1) is 10.6 Å². The van der Waals surface area contributed by atoms with E-state index in [1.807, 2.05) is 13.8 Å². The Labute approximate surface area is 244 Å². The van der Waals surface area contributed by atoms with Crippen LogP contribution < -0.4 is 9.62 Å². The molecule has 0 aliphatic rings. The third-order valence-electron chi connectivity index (χ3n) is 5.89. The third-order valence-corrected chi connectivity index (χ3v) is 8.54. The van der Waals surface area contributed by atoms with Gasteiger partial charge in [0.2, 0.25) is 11.8 Å². The maximum absolute atomic E-state index is 14.0. The Morgan fingerprint density at radius 1 is 0.897 bits per heavy atom. The van der Waals surface area contributed by atoms with E-state index < -0.39 is 28.5 Å². The molecule has 3 aromatic carbocycles. The molecular weight excluding hydrogens is 581 g/mol. The molecule has 0 aromatic heterocycles. The highest BCUT2D eigenvalue weighted by atomic mass is 35.5. The van der Waals surface area contributed by atoms with Gasteiger partial charge in [-0.2, -0.15) is 0 Å². The zero-order chi connectivity index (χ0) is 28.7. The highest BCUT2D eigenvalue weighted by Crippen LogP contribution is 2.28. The van der Waals surface area contributed by atoms with Crippen molar-refractivity contribution in [1.82, 2.24) is 10.2 Å². The molecule has 0 heterocycles. The Kier molecular flexibility index (Phi) is 10.7. The molecule has 0 unspecified atom stereocenters. The first-order chi connectivity index (χ1) is 18.4. The number of halogens is 3. The summed E-state index contributed by atoms with van der Waals surface area (Å²) in [5.74, 6) is -0.930. The van der Waals surface area contributed by atoms with E-state index in [1.165, 1.54) is 35.2 Å². The molecule has 0 bridgehead atoms. The van der Waals surface area contributed by atoms with E-state index in [-0.39, 0.29) is 29.1 Å². The van der Waals surface area contributed by atoms with Gasteiger partial charge in [0.1, 0.15) is 12.6 Å². The summed E-state index contributed by atoms with van der Waals surface area (Å²) in [7, 11) is -4.23. The zero-order valence-electron chi connectivity index (χ0n) is 21.8. The summed E-state index contributed by atoms with van der Waals surface area (Å²) in [4.78, 5) is 28.5. The average Bonchev–Trinajstić information content (AvgIpc) is 2.87. The van der Waals surface area contributed by atoms with Crippen LogP contribution in [-0.4, -0.2) is 43.8 Å². The summed E-state index contributed by atoms with van der Waals surface area (Å²) in [5, 5.41) is 3.95. The maximum atomic E-state index is 14.0. The fourth-order valence-corrected chi connectivity index (χ4v) is 5.92. The van der Waals surface area contributed by atoms with Crippen molar-refractivity contribution in [2.45, 2.75) is 50.7 Å². The molecule has 0 radical (unpaired) electrons. The summed E-state index contributed by atoms with van der Waals surface area (Å²) < 4.78 is 28.6. The predicted molar refractivity (Wildman–Crippen MR) is 157 cm³/mol. The van der Waals surface area contributed by atoms with Crippen molar-refractivity contribution in [2.24, 2.45) is 0 Å². The first kappa shape index (κ1) is 30.8. The van der Waals surface area contributed by atoms with E-state index >= 15 is 0 Å². The highest BCUT2D eigenvalue weighted by molar-refractivity contribution is 7.92. The summed E-state index contributed by atoms with van der Waals surface area (Å²) in [6.45, 7) is 4.86. The lowest BCUT2D eigenvalue weighted by molar-refractivity contribution is -0.140. The number of nitrogens with one attached hydrogen (secondary N) is 1. The minimum Gasteiger partial charge on any atom is -0.352 e. The van der Waals surface area contributed by atoms with Crippen LogP contribution in [0.25, 0.3) is 0 Å². The molecule has 2 amide bonds. The number of sulfonamides is 1. The number of anilines is 1. The predicted octanol–water partition coefficient (Wildman–Crippen LogP) is 6.17. The average molecular weight is 611 g/mol. The highest BCUT2D eigenvalue weighted by Gasteiger charge is 2.34. The molecule has 3 rings (SSSR count). The van der Waals surface area contributed by atoms with E-state index in [2.05, 4.69) is 5.32 Å². The number of carbonyl (C=O) groups excluding carboxylic acids is 2. The second-order valence-electron chi connectivity index (χ2n) is 9.15. The zero-order valence-corrected chi connectivity index (χ0v) is 24.9. The summed E-state index contributed by atoms with van der Waals surface area (Å²) in [5.41, 5.74) is 0.821. The molecule has 1 N–H and O–H groups in total. The largest absolute Gasteiger partial charge is 0.352 e. The van der Waals surface area contributed by atoms with Crippen LogP contribution in [0.5, 0.6) is 0 Å². The van der Waals surface area contributed by atoms with Crippen LogP contribution in [0.15, 0.2) is 77.7 Å². The number of carbonyl (C=O) groups is 2. The van der Waals surface area contributed by atoms with Crippen molar-refractivity contribution in [3.8, 4) is 0 Å². The Morgan fingerprint density at radius 3 is 2.15 bits per heavy atom. The monoisotopic (exact) mass is 609 g/mol. The molecule has 0 aliphatic carbocycles. The van der Waals surface area contributed by atoms with Gasteiger partial charge in [-0.25, -0.2) is 8.42 Å². The fourth-order valence-electron chi connectivity index (χ4n) is 4.00. The summed E-state index contributed by atoms with van der Waals surface area (Å²) in [6.07, 6.45) is 0.301. The number of rotatable bonds is 11. The Balaban J connectivity index is 2.08. The molecule has 0 fully saturated rings. The smallest absolute Gasteiger partial charge is 0.264 e. The van der Waals surface area contributed by atoms with Crippen LogP contribution in [0.1, 0.15) is 32.8 Å². The first-order valence-electron chi connectivity index (χ1n) is 12.3. The van der Waals surface area contributed by atoms with Crippen molar-refractivity contribution >= 4 is 62.3 Å². The van der Waals surface area contributed by atoms with E-state index in [0.717, 1.165) is 4.31 Å². The minimum atomic E-state index is -4.23. The molecule has 11 heteroatoms. The fraction of sp³-hybridized carbons (Fsp3) is 0.286. The van der Waals surface area contributed by atoms with Crippen LogP contribution in [0.2, 0.25) is 15.1 Å². The summed E-state index contributed by atoms with van der Waals surface area (Å²) >= 11 is 18.6. The van der Waals surface area contributed by atoms with Gasteiger partial charge in [-0.1, -0.05) is 66.0 Å². The Hall–Kier alpha value is -2.78. The van der Waals surface area contributed by atoms with E-state index in [4.69, 9.17) is 34.8 Å². The first-order valence-corrected chi connectivity index (χ1v) is 14.9. The number of amides is 2. The van der Waals surface area contributed by atoms with E-state index in [0.29, 0.717) is 27.1 Å². The van der Waals surface area contributed by atoms with Crippen LogP contribution >= 0.6 is 34.8 Å². The quantitative estimate of drug-likeness (QED) is 0.281. The summed E-state index contributed by atoms with van der Waals surface area (Å²) in [6, 6.07) is 17.8. The van der Waals surface area contributed by atoms with Gasteiger partial charge in [0.25, 0.3) is 10.0 Å². The third kappa shape index (κ3) is 7.88. The molecule has 0 saturated carbocycles. The van der Waals surface area contributed by atoms with Crippen molar-refractivity contribution in [3.05, 3.63) is 93.4 Å². The molecule has 39 heavy (non-hydrogen) atoms. The number of hydrogen-bond donors (Lipinski definition) is 1. The van der Waals surface area contributed by atoms with Gasteiger partial charge in [0, 0.05) is 27.7 Å². The number of hydrogen-bond acceptors (Lipinski definition) is 4. The van der Waals surface area contributed by atoms with Crippen LogP contribution in [-0.2, 0) is 26.2 Å². The van der Waals surface area contributed by atoms with Crippen molar-refractivity contribution < 1.29 is 18.0 Å². The molecule has 0 saturated heterocycles. The number of nitrogens with zero attached hydrogens (tertiary/aromatic N) is 2. The lowest BCUT2D eigenvalue weighted by Crippen LogP contribution is -2.53. The van der Waals surface area contributed by atoms with Crippen LogP contribution in [0.4, 0.5) is 5.69 Å². The molecule has 0 spiro atoms. The van der Waals surface area contributed by atoms with E-state index in [1.54, 1.807) is 49.4 Å². The van der Waals surface area contributed by atoms with Gasteiger partial charge in [-0.15, -0.1) is 0 Å². The lowest BCUT2D eigenvalue weighted by atomic mass is 10.1. The van der Waals surface area contributed by atoms with Gasteiger partial charge in [0.15, 0.2) is 0 Å². The lowest BCUT2D eigenvalue weighted by Gasteiger charge is -2.33.